The summed E-state index contributed by atoms with van der Waals surface area (Å²) in [6.07, 6.45) is 29.6. The Morgan fingerprint density at radius 1 is 0.452 bits per heavy atom. The fourth-order valence-corrected chi connectivity index (χ4v) is 5.75. The maximum atomic E-state index is 6.65. The van der Waals surface area contributed by atoms with Gasteiger partial charge >= 0.3 is 0 Å². The standard InChI is InChI=1S/C39H64O3/c1-3-5-7-9-11-12-13-14-15-16-17-19-21-29-35-39(41-38-32-26-23-27-33-38,34-28-20-18-10-8-6-4-2)42-40-36-37-30-24-22-25-31-37/h22-27,30-33H,3-21,28-29,34-36H2,1-2H3. The van der Waals surface area contributed by atoms with Crippen molar-refractivity contribution in [3.05, 3.63) is 66.2 Å². The Balaban J connectivity index is 1.81. The van der Waals surface area contributed by atoms with E-state index < -0.39 is 5.79 Å². The Bertz CT molecular complexity index is 824. The summed E-state index contributed by atoms with van der Waals surface area (Å²) in [7, 11) is 0. The predicted octanol–water partition coefficient (Wildman–Crippen LogP) is 12.9. The van der Waals surface area contributed by atoms with Gasteiger partial charge in [-0.3, -0.25) is 0 Å². The van der Waals surface area contributed by atoms with Crippen LogP contribution < -0.4 is 4.74 Å². The number of hydrogen-bond donors (Lipinski definition) is 0. The molecule has 42 heavy (non-hydrogen) atoms. The molecule has 0 aliphatic heterocycles. The van der Waals surface area contributed by atoms with E-state index in [0.717, 1.165) is 37.0 Å². The maximum absolute atomic E-state index is 6.65. The fraction of sp³-hybridized carbons (Fsp3) is 0.692. The molecule has 0 heterocycles. The van der Waals surface area contributed by atoms with Crippen LogP contribution in [0.2, 0.25) is 0 Å². The zero-order valence-electron chi connectivity index (χ0n) is 27.5. The molecule has 3 nitrogen and oxygen atoms in total. The van der Waals surface area contributed by atoms with Crippen molar-refractivity contribution in [3.8, 4) is 5.75 Å². The summed E-state index contributed by atoms with van der Waals surface area (Å²) < 4.78 is 6.65. The largest absolute Gasteiger partial charge is 0.460 e. The Morgan fingerprint density at radius 3 is 1.26 bits per heavy atom. The lowest BCUT2D eigenvalue weighted by molar-refractivity contribution is -0.420. The van der Waals surface area contributed by atoms with Gasteiger partial charge in [0.25, 0.3) is 0 Å². The normalized spacial score (nSPS) is 12.8. The number of benzene rings is 2. The monoisotopic (exact) mass is 580 g/mol. The van der Waals surface area contributed by atoms with E-state index >= 15 is 0 Å². The molecule has 1 unspecified atom stereocenters. The highest BCUT2D eigenvalue weighted by molar-refractivity contribution is 5.21. The van der Waals surface area contributed by atoms with E-state index in [2.05, 4.69) is 26.0 Å². The van der Waals surface area contributed by atoms with E-state index in [1.165, 1.54) is 122 Å². The van der Waals surface area contributed by atoms with E-state index in [0.29, 0.717) is 6.61 Å². The Hall–Kier alpha value is -1.84. The number of para-hydroxylation sites is 1. The van der Waals surface area contributed by atoms with Crippen molar-refractivity contribution in [1.82, 2.24) is 0 Å². The summed E-state index contributed by atoms with van der Waals surface area (Å²) in [5.74, 6) is 0.102. The molecule has 0 fully saturated rings. The zero-order chi connectivity index (χ0) is 29.8. The van der Waals surface area contributed by atoms with E-state index in [-0.39, 0.29) is 0 Å². The van der Waals surface area contributed by atoms with Crippen LogP contribution in [0, 0.1) is 0 Å². The summed E-state index contributed by atoms with van der Waals surface area (Å²) in [6, 6.07) is 20.4. The van der Waals surface area contributed by atoms with Crippen molar-refractivity contribution >= 4 is 0 Å². The molecular formula is C39H64O3. The van der Waals surface area contributed by atoms with Crippen LogP contribution >= 0.6 is 0 Å². The van der Waals surface area contributed by atoms with Crippen LogP contribution in [0.4, 0.5) is 0 Å². The van der Waals surface area contributed by atoms with E-state index in [1.54, 1.807) is 0 Å². The molecule has 0 spiro atoms. The van der Waals surface area contributed by atoms with Gasteiger partial charge in [0.05, 0.1) is 0 Å². The van der Waals surface area contributed by atoms with Gasteiger partial charge in [-0.15, -0.1) is 0 Å². The second-order valence-corrected chi connectivity index (χ2v) is 12.4. The number of ether oxygens (including phenoxy) is 1. The molecule has 0 saturated carbocycles. The first-order valence-electron chi connectivity index (χ1n) is 17.9. The third-order valence-electron chi connectivity index (χ3n) is 8.40. The van der Waals surface area contributed by atoms with Crippen molar-refractivity contribution in [1.29, 1.82) is 0 Å². The van der Waals surface area contributed by atoms with Gasteiger partial charge in [0.15, 0.2) is 0 Å². The molecule has 2 rings (SSSR count). The van der Waals surface area contributed by atoms with Gasteiger partial charge in [-0.05, 0) is 30.5 Å². The van der Waals surface area contributed by atoms with Gasteiger partial charge in [0.1, 0.15) is 12.4 Å². The lowest BCUT2D eigenvalue weighted by atomic mass is 9.98. The molecule has 1 atom stereocenters. The van der Waals surface area contributed by atoms with Crippen LogP contribution in [0.15, 0.2) is 60.7 Å². The average Bonchev–Trinajstić information content (AvgIpc) is 3.02. The maximum Gasteiger partial charge on any atom is 0.240 e. The molecule has 0 aliphatic rings. The highest BCUT2D eigenvalue weighted by atomic mass is 17.2. The van der Waals surface area contributed by atoms with Crippen LogP contribution in [0.25, 0.3) is 0 Å². The lowest BCUT2D eigenvalue weighted by Crippen LogP contribution is -2.39. The number of hydrogen-bond acceptors (Lipinski definition) is 3. The third-order valence-corrected chi connectivity index (χ3v) is 8.40. The van der Waals surface area contributed by atoms with Crippen LogP contribution in [0.1, 0.15) is 167 Å². The van der Waals surface area contributed by atoms with Crippen LogP contribution in [0.5, 0.6) is 5.75 Å². The van der Waals surface area contributed by atoms with Gasteiger partial charge in [-0.1, -0.05) is 184 Å². The number of rotatable bonds is 29. The highest BCUT2D eigenvalue weighted by Gasteiger charge is 2.34. The molecule has 238 valence electrons. The topological polar surface area (TPSA) is 27.7 Å². The van der Waals surface area contributed by atoms with Gasteiger partial charge in [0, 0.05) is 12.8 Å². The summed E-state index contributed by atoms with van der Waals surface area (Å²) in [4.78, 5) is 12.2. The molecule has 0 amide bonds. The lowest BCUT2D eigenvalue weighted by Gasteiger charge is -2.33. The van der Waals surface area contributed by atoms with E-state index in [9.17, 15) is 0 Å². The van der Waals surface area contributed by atoms with Crippen molar-refractivity contribution in [2.24, 2.45) is 0 Å². The summed E-state index contributed by atoms with van der Waals surface area (Å²) in [5.41, 5.74) is 1.11. The van der Waals surface area contributed by atoms with Crippen molar-refractivity contribution in [2.75, 3.05) is 0 Å². The van der Waals surface area contributed by atoms with E-state index in [4.69, 9.17) is 14.5 Å². The first-order valence-corrected chi connectivity index (χ1v) is 17.9. The molecule has 2 aromatic carbocycles. The van der Waals surface area contributed by atoms with Crippen molar-refractivity contribution in [2.45, 2.75) is 174 Å². The number of unbranched alkanes of at least 4 members (excludes halogenated alkanes) is 19. The van der Waals surface area contributed by atoms with Crippen LogP contribution in [-0.4, -0.2) is 5.79 Å². The quantitative estimate of drug-likeness (QED) is 0.0414. The Kier molecular flexibility index (Phi) is 22.2. The highest BCUT2D eigenvalue weighted by Crippen LogP contribution is 2.31. The molecular weight excluding hydrogens is 516 g/mol. The first-order chi connectivity index (χ1) is 20.8. The Morgan fingerprint density at radius 2 is 0.833 bits per heavy atom. The molecule has 0 bridgehead atoms. The minimum atomic E-state index is -0.753. The van der Waals surface area contributed by atoms with Crippen LogP contribution in [-0.2, 0) is 16.4 Å². The molecule has 0 N–H and O–H groups in total. The fourth-order valence-electron chi connectivity index (χ4n) is 5.75. The summed E-state index contributed by atoms with van der Waals surface area (Å²) in [6.45, 7) is 5.00. The molecule has 0 aliphatic carbocycles. The first kappa shape index (κ1) is 36.4. The molecule has 0 aromatic heterocycles. The molecule has 0 radical (unpaired) electrons. The predicted molar refractivity (Wildman–Crippen MR) is 180 cm³/mol. The van der Waals surface area contributed by atoms with Gasteiger partial charge in [-0.25, -0.2) is 4.89 Å². The van der Waals surface area contributed by atoms with Crippen molar-refractivity contribution in [3.63, 3.8) is 0 Å². The smallest absolute Gasteiger partial charge is 0.240 e. The third kappa shape index (κ3) is 18.6. The van der Waals surface area contributed by atoms with Crippen LogP contribution in [0.3, 0.4) is 0 Å². The molecule has 0 saturated heterocycles. The second kappa shape index (κ2) is 25.6. The van der Waals surface area contributed by atoms with Crippen molar-refractivity contribution < 1.29 is 14.5 Å². The zero-order valence-corrected chi connectivity index (χ0v) is 27.5. The van der Waals surface area contributed by atoms with E-state index in [1.807, 2.05) is 48.5 Å². The minimum absolute atomic E-state index is 0.427. The minimum Gasteiger partial charge on any atom is -0.460 e. The molecule has 2 aromatic rings. The molecule has 3 heteroatoms. The van der Waals surface area contributed by atoms with Gasteiger partial charge in [0.2, 0.25) is 5.79 Å². The summed E-state index contributed by atoms with van der Waals surface area (Å²) in [5, 5.41) is 0. The van der Waals surface area contributed by atoms with Gasteiger partial charge in [-0.2, -0.15) is 4.89 Å². The van der Waals surface area contributed by atoms with Gasteiger partial charge < -0.3 is 4.74 Å². The Labute approximate surface area is 260 Å². The summed E-state index contributed by atoms with van der Waals surface area (Å²) >= 11 is 0. The SMILES string of the molecule is CCCCCCCCCCCCCCCCC(CCCCCCCCC)(OOCc1ccccc1)Oc1ccccc1. The average molecular weight is 581 g/mol. The second-order valence-electron chi connectivity index (χ2n) is 12.4.